The summed E-state index contributed by atoms with van der Waals surface area (Å²) in [6.45, 7) is 0. The minimum absolute atomic E-state index is 0.00447. The number of aromatic hydroxyl groups is 1. The highest BCUT2D eigenvalue weighted by Crippen LogP contribution is 2.20. The lowest BCUT2D eigenvalue weighted by atomic mass is 10.0. The number of nitrogens with two attached hydrogens (primary N) is 1. The van der Waals surface area contributed by atoms with Gasteiger partial charge in [0, 0.05) is 48.3 Å². The number of H-pyrrole nitrogens is 2. The number of carbonyl (C=O) groups is 5. The fourth-order valence-corrected chi connectivity index (χ4v) is 4.73. The monoisotopic (exact) mass is 619 g/mol. The van der Waals surface area contributed by atoms with E-state index in [1.54, 1.807) is 30.5 Å². The standard InChI is InChI=1S/C30H33N7O8/c31-21(11-18-14-32-15-34-18)27(41)35-23(9-16-5-7-19(38)8-6-16)28(42)36-24(29(43)37-25(30(44)45)12-26(39)40)10-17-13-33-22-4-2-1-3-20(17)22/h1-8,13-15,21,23-25,33,38H,9-12,31H2,(H,32,34)(H,35,41)(H,36,42)(H,37,43)(H,39,40)(H,44,45). The predicted molar refractivity (Wildman–Crippen MR) is 160 cm³/mol. The van der Waals surface area contributed by atoms with E-state index < -0.39 is 60.2 Å². The largest absolute Gasteiger partial charge is 0.508 e. The molecule has 4 unspecified atom stereocenters. The number of nitrogens with one attached hydrogen (secondary N) is 5. The number of aromatic nitrogens is 3. The number of aromatic amines is 2. The van der Waals surface area contributed by atoms with Crippen molar-refractivity contribution in [3.05, 3.63) is 84.1 Å². The van der Waals surface area contributed by atoms with Crippen molar-refractivity contribution in [3.8, 4) is 5.75 Å². The average Bonchev–Trinajstić information content (AvgIpc) is 3.67. The van der Waals surface area contributed by atoms with E-state index >= 15 is 0 Å². The quantitative estimate of drug-likeness (QED) is 0.0858. The summed E-state index contributed by atoms with van der Waals surface area (Å²) in [4.78, 5) is 73.0. The SMILES string of the molecule is NC(Cc1cnc[nH]1)C(=O)NC(Cc1ccc(O)cc1)C(=O)NC(Cc1c[nH]c2ccccc12)C(=O)NC(CC(=O)O)C(=O)O. The molecule has 0 bridgehead atoms. The summed E-state index contributed by atoms with van der Waals surface area (Å²) < 4.78 is 0. The Labute approximate surface area is 256 Å². The number of hydrogen-bond donors (Lipinski definition) is 9. The van der Waals surface area contributed by atoms with E-state index in [4.69, 9.17) is 10.8 Å². The summed E-state index contributed by atoms with van der Waals surface area (Å²) in [5, 5.41) is 36.5. The Morgan fingerprint density at radius 2 is 1.44 bits per heavy atom. The topological polar surface area (TPSA) is 253 Å². The van der Waals surface area contributed by atoms with Crippen LogP contribution in [0.25, 0.3) is 10.9 Å². The van der Waals surface area contributed by atoms with Crippen molar-refractivity contribution in [2.75, 3.05) is 0 Å². The number of hydrogen-bond acceptors (Lipinski definition) is 8. The van der Waals surface area contributed by atoms with Crippen LogP contribution in [-0.2, 0) is 43.2 Å². The number of aliphatic carboxylic acids is 2. The number of para-hydroxylation sites is 1. The molecule has 0 aliphatic heterocycles. The van der Waals surface area contributed by atoms with E-state index in [0.717, 1.165) is 10.9 Å². The molecule has 3 amide bonds. The molecule has 0 fully saturated rings. The van der Waals surface area contributed by atoms with Gasteiger partial charge in [0.2, 0.25) is 17.7 Å². The number of phenols is 1. The summed E-state index contributed by atoms with van der Waals surface area (Å²) in [6, 6.07) is 7.73. The zero-order valence-electron chi connectivity index (χ0n) is 23.9. The summed E-state index contributed by atoms with van der Waals surface area (Å²) >= 11 is 0. The Kier molecular flexibility index (Phi) is 10.5. The molecule has 2 heterocycles. The number of rotatable bonds is 15. The van der Waals surface area contributed by atoms with Gasteiger partial charge in [0.25, 0.3) is 0 Å². The normalized spacial score (nSPS) is 13.7. The lowest BCUT2D eigenvalue weighted by molar-refractivity contribution is -0.147. The highest BCUT2D eigenvalue weighted by molar-refractivity contribution is 5.95. The van der Waals surface area contributed by atoms with Crippen molar-refractivity contribution >= 4 is 40.6 Å². The molecule has 4 aromatic rings. The molecule has 0 aliphatic carbocycles. The fraction of sp³-hybridized carbons (Fsp3) is 0.267. The first-order chi connectivity index (χ1) is 21.5. The van der Waals surface area contributed by atoms with Crippen LogP contribution >= 0.6 is 0 Å². The molecule has 0 spiro atoms. The maximum Gasteiger partial charge on any atom is 0.326 e. The highest BCUT2D eigenvalue weighted by Gasteiger charge is 2.32. The van der Waals surface area contributed by atoms with Gasteiger partial charge in [-0.15, -0.1) is 0 Å². The van der Waals surface area contributed by atoms with Crippen LogP contribution in [-0.4, -0.2) is 84.1 Å². The minimum Gasteiger partial charge on any atom is -0.508 e. The second kappa shape index (κ2) is 14.7. The third kappa shape index (κ3) is 8.90. The first-order valence-electron chi connectivity index (χ1n) is 13.9. The van der Waals surface area contributed by atoms with Crippen molar-refractivity contribution < 1.29 is 39.3 Å². The number of benzene rings is 2. The van der Waals surface area contributed by atoms with Gasteiger partial charge in [0.05, 0.1) is 18.8 Å². The van der Waals surface area contributed by atoms with Crippen LogP contribution in [0.1, 0.15) is 23.2 Å². The van der Waals surface area contributed by atoms with E-state index in [9.17, 15) is 34.2 Å². The Balaban J connectivity index is 1.60. The third-order valence-corrected chi connectivity index (χ3v) is 7.07. The van der Waals surface area contributed by atoms with Crippen LogP contribution in [0.4, 0.5) is 0 Å². The fourth-order valence-electron chi connectivity index (χ4n) is 4.73. The molecule has 15 heteroatoms. The van der Waals surface area contributed by atoms with Crippen LogP contribution in [0.5, 0.6) is 5.75 Å². The first kappa shape index (κ1) is 32.2. The molecular formula is C30H33N7O8. The maximum absolute atomic E-state index is 13.8. The maximum atomic E-state index is 13.8. The molecule has 0 aliphatic rings. The second-order valence-electron chi connectivity index (χ2n) is 10.4. The number of phenolic OH excluding ortho intramolecular Hbond substituents is 1. The zero-order chi connectivity index (χ0) is 32.5. The number of nitrogens with zero attached hydrogens (tertiary/aromatic N) is 1. The van der Waals surface area contributed by atoms with Crippen LogP contribution < -0.4 is 21.7 Å². The Morgan fingerprint density at radius 1 is 0.800 bits per heavy atom. The van der Waals surface area contributed by atoms with Crippen LogP contribution in [0.2, 0.25) is 0 Å². The molecule has 0 radical (unpaired) electrons. The Bertz CT molecular complexity index is 1650. The van der Waals surface area contributed by atoms with E-state index in [0.29, 0.717) is 16.8 Å². The molecule has 4 rings (SSSR count). The van der Waals surface area contributed by atoms with Gasteiger partial charge in [-0.2, -0.15) is 0 Å². The van der Waals surface area contributed by atoms with Crippen molar-refractivity contribution in [2.24, 2.45) is 5.73 Å². The summed E-state index contributed by atoms with van der Waals surface area (Å²) in [5.41, 5.74) is 8.64. The molecule has 2 aromatic carbocycles. The van der Waals surface area contributed by atoms with Gasteiger partial charge in [-0.05, 0) is 29.3 Å². The van der Waals surface area contributed by atoms with Gasteiger partial charge in [-0.3, -0.25) is 19.2 Å². The number of carbonyl (C=O) groups excluding carboxylic acids is 3. The smallest absolute Gasteiger partial charge is 0.326 e. The molecule has 236 valence electrons. The third-order valence-electron chi connectivity index (χ3n) is 7.07. The van der Waals surface area contributed by atoms with Gasteiger partial charge in [0.15, 0.2) is 0 Å². The number of fused-ring (bicyclic) bond motifs is 1. The molecule has 0 saturated heterocycles. The van der Waals surface area contributed by atoms with Crippen molar-refractivity contribution in [1.29, 1.82) is 0 Å². The lowest BCUT2D eigenvalue weighted by Crippen LogP contribution is -2.58. The molecule has 45 heavy (non-hydrogen) atoms. The molecule has 4 atom stereocenters. The number of imidazole rings is 1. The average molecular weight is 620 g/mol. The lowest BCUT2D eigenvalue weighted by Gasteiger charge is -2.25. The Morgan fingerprint density at radius 3 is 2.09 bits per heavy atom. The van der Waals surface area contributed by atoms with Gasteiger partial charge in [-0.1, -0.05) is 30.3 Å². The van der Waals surface area contributed by atoms with Crippen molar-refractivity contribution in [3.63, 3.8) is 0 Å². The van der Waals surface area contributed by atoms with Crippen molar-refractivity contribution in [1.82, 2.24) is 30.9 Å². The number of carboxylic acids is 2. The van der Waals surface area contributed by atoms with Gasteiger partial charge in [0.1, 0.15) is 23.9 Å². The van der Waals surface area contributed by atoms with E-state index in [2.05, 4.69) is 30.9 Å². The Hall–Kier alpha value is -5.70. The summed E-state index contributed by atoms with van der Waals surface area (Å²) in [6.07, 6.45) is 3.66. The summed E-state index contributed by atoms with van der Waals surface area (Å²) in [5.74, 6) is -5.39. The molecule has 10 N–H and O–H groups in total. The minimum atomic E-state index is -1.76. The second-order valence-corrected chi connectivity index (χ2v) is 10.4. The van der Waals surface area contributed by atoms with Crippen LogP contribution in [0.15, 0.2) is 67.3 Å². The number of carboxylic acid groups (broad SMARTS) is 2. The molecule has 0 saturated carbocycles. The number of amides is 3. The van der Waals surface area contributed by atoms with Gasteiger partial charge >= 0.3 is 11.9 Å². The van der Waals surface area contributed by atoms with Crippen LogP contribution in [0, 0.1) is 0 Å². The van der Waals surface area contributed by atoms with Crippen molar-refractivity contribution in [2.45, 2.75) is 49.9 Å². The first-order valence-corrected chi connectivity index (χ1v) is 13.9. The molecule has 15 nitrogen and oxygen atoms in total. The van der Waals surface area contributed by atoms with E-state index in [-0.39, 0.29) is 25.0 Å². The summed E-state index contributed by atoms with van der Waals surface area (Å²) in [7, 11) is 0. The van der Waals surface area contributed by atoms with Gasteiger partial charge in [-0.25, -0.2) is 9.78 Å². The molecular weight excluding hydrogens is 586 g/mol. The van der Waals surface area contributed by atoms with E-state index in [1.165, 1.54) is 24.7 Å². The highest BCUT2D eigenvalue weighted by atomic mass is 16.4. The van der Waals surface area contributed by atoms with Gasteiger partial charge < -0.3 is 47.0 Å². The zero-order valence-corrected chi connectivity index (χ0v) is 23.9. The molecule has 2 aromatic heterocycles. The predicted octanol–water partition coefficient (Wildman–Crippen LogP) is -0.0345. The van der Waals surface area contributed by atoms with Crippen LogP contribution in [0.3, 0.4) is 0 Å². The van der Waals surface area contributed by atoms with E-state index in [1.807, 2.05) is 12.1 Å².